The first-order valence-electron chi connectivity index (χ1n) is 5.78. The molecule has 2 unspecified atom stereocenters. The Balaban J connectivity index is 2.48. The average molecular weight is 245 g/mol. The van der Waals surface area contributed by atoms with Gasteiger partial charge in [-0.05, 0) is 13.8 Å². The van der Waals surface area contributed by atoms with Crippen LogP contribution < -0.4 is 0 Å². The molecule has 1 saturated heterocycles. The van der Waals surface area contributed by atoms with E-state index in [-0.39, 0.29) is 12.3 Å². The molecule has 6 nitrogen and oxygen atoms in total. The second kappa shape index (κ2) is 6.56. The minimum atomic E-state index is -0.915. The smallest absolute Gasteiger partial charge is 0.306 e. The molecule has 0 aromatic heterocycles. The van der Waals surface area contributed by atoms with Crippen LogP contribution in [-0.2, 0) is 19.1 Å². The number of amides is 1. The number of carboxylic acids is 1. The van der Waals surface area contributed by atoms with Gasteiger partial charge >= 0.3 is 5.97 Å². The van der Waals surface area contributed by atoms with Gasteiger partial charge in [-0.2, -0.15) is 0 Å². The third-order valence-electron chi connectivity index (χ3n) is 2.62. The van der Waals surface area contributed by atoms with Gasteiger partial charge in [-0.25, -0.2) is 0 Å². The number of hydrogen-bond donors (Lipinski definition) is 1. The zero-order valence-electron chi connectivity index (χ0n) is 10.2. The van der Waals surface area contributed by atoms with Crippen LogP contribution in [0.4, 0.5) is 0 Å². The lowest BCUT2D eigenvalue weighted by Gasteiger charge is -2.33. The number of aliphatic carboxylic acids is 1. The second-order valence-corrected chi connectivity index (χ2v) is 3.97. The van der Waals surface area contributed by atoms with Gasteiger partial charge in [0.2, 0.25) is 0 Å². The van der Waals surface area contributed by atoms with Gasteiger partial charge in [-0.1, -0.05) is 0 Å². The molecule has 0 aromatic rings. The first kappa shape index (κ1) is 13.9. The van der Waals surface area contributed by atoms with Gasteiger partial charge in [0.05, 0.1) is 19.1 Å². The van der Waals surface area contributed by atoms with Crippen LogP contribution in [-0.4, -0.2) is 60.4 Å². The van der Waals surface area contributed by atoms with E-state index in [1.165, 1.54) is 0 Å². The van der Waals surface area contributed by atoms with Crippen molar-refractivity contribution >= 4 is 11.9 Å². The maximum absolute atomic E-state index is 11.9. The minimum absolute atomic E-state index is 0.0766. The molecule has 17 heavy (non-hydrogen) atoms. The van der Waals surface area contributed by atoms with Crippen molar-refractivity contribution in [2.24, 2.45) is 0 Å². The predicted molar refractivity (Wildman–Crippen MR) is 59.7 cm³/mol. The fourth-order valence-electron chi connectivity index (χ4n) is 1.82. The Morgan fingerprint density at radius 1 is 1.59 bits per heavy atom. The Kier molecular flexibility index (Phi) is 5.37. The molecule has 2 atom stereocenters. The Bertz CT molecular complexity index is 281. The van der Waals surface area contributed by atoms with Crippen molar-refractivity contribution in [2.45, 2.75) is 32.5 Å². The number of carboxylic acid groups (broad SMARTS) is 1. The molecule has 0 radical (unpaired) electrons. The molecule has 6 heteroatoms. The summed E-state index contributed by atoms with van der Waals surface area (Å²) < 4.78 is 10.5. The summed E-state index contributed by atoms with van der Waals surface area (Å²) in [5.41, 5.74) is 0. The number of rotatable bonds is 5. The number of nitrogens with zero attached hydrogens (tertiary/aromatic N) is 1. The van der Waals surface area contributed by atoms with E-state index in [0.29, 0.717) is 26.3 Å². The van der Waals surface area contributed by atoms with Gasteiger partial charge in [0, 0.05) is 19.7 Å². The Morgan fingerprint density at radius 3 is 2.88 bits per heavy atom. The normalized spacial score (nSPS) is 22.2. The second-order valence-electron chi connectivity index (χ2n) is 3.97. The summed E-state index contributed by atoms with van der Waals surface area (Å²) in [5.74, 6) is -1.02. The fraction of sp³-hybridized carbons (Fsp3) is 0.818. The molecule has 0 aromatic carbocycles. The average Bonchev–Trinajstić information content (AvgIpc) is 2.28. The molecular weight excluding hydrogens is 226 g/mol. The molecule has 1 fully saturated rings. The highest BCUT2D eigenvalue weighted by atomic mass is 16.5. The van der Waals surface area contributed by atoms with E-state index in [0.717, 1.165) is 0 Å². The topological polar surface area (TPSA) is 76.1 Å². The summed E-state index contributed by atoms with van der Waals surface area (Å²) in [7, 11) is 0. The minimum Gasteiger partial charge on any atom is -0.481 e. The quantitative estimate of drug-likeness (QED) is 0.744. The van der Waals surface area contributed by atoms with Crippen molar-refractivity contribution < 1.29 is 24.2 Å². The molecule has 1 N–H and O–H groups in total. The van der Waals surface area contributed by atoms with E-state index in [2.05, 4.69) is 0 Å². The molecule has 1 aliphatic heterocycles. The van der Waals surface area contributed by atoms with Crippen LogP contribution in [0.1, 0.15) is 20.3 Å². The van der Waals surface area contributed by atoms with E-state index >= 15 is 0 Å². The maximum atomic E-state index is 11.9. The lowest BCUT2D eigenvalue weighted by molar-refractivity contribution is -0.153. The highest BCUT2D eigenvalue weighted by Crippen LogP contribution is 2.11. The zero-order valence-corrected chi connectivity index (χ0v) is 10.2. The van der Waals surface area contributed by atoms with E-state index < -0.39 is 18.2 Å². The van der Waals surface area contributed by atoms with Crippen molar-refractivity contribution in [3.05, 3.63) is 0 Å². The summed E-state index contributed by atoms with van der Waals surface area (Å²) in [6, 6.07) is 0. The molecule has 0 spiro atoms. The van der Waals surface area contributed by atoms with Crippen LogP contribution in [0.25, 0.3) is 0 Å². The summed E-state index contributed by atoms with van der Waals surface area (Å²) in [6.07, 6.45) is -0.977. The number of ether oxygens (including phenoxy) is 2. The van der Waals surface area contributed by atoms with Crippen LogP contribution in [0, 0.1) is 0 Å². The van der Waals surface area contributed by atoms with Crippen LogP contribution in [0.3, 0.4) is 0 Å². The molecule has 1 amide bonds. The largest absolute Gasteiger partial charge is 0.481 e. The number of carbonyl (C=O) groups is 2. The van der Waals surface area contributed by atoms with E-state index in [4.69, 9.17) is 14.6 Å². The molecule has 1 heterocycles. The highest BCUT2D eigenvalue weighted by Gasteiger charge is 2.28. The Morgan fingerprint density at radius 2 is 2.29 bits per heavy atom. The molecule has 0 saturated carbocycles. The van der Waals surface area contributed by atoms with Crippen molar-refractivity contribution in [3.8, 4) is 0 Å². The van der Waals surface area contributed by atoms with Crippen molar-refractivity contribution in [1.29, 1.82) is 0 Å². The highest BCUT2D eigenvalue weighted by molar-refractivity contribution is 5.80. The van der Waals surface area contributed by atoms with Crippen molar-refractivity contribution in [3.63, 3.8) is 0 Å². The lowest BCUT2D eigenvalue weighted by Crippen LogP contribution is -2.49. The monoisotopic (exact) mass is 245 g/mol. The molecule has 0 bridgehead atoms. The molecule has 0 aliphatic carbocycles. The van der Waals surface area contributed by atoms with Crippen LogP contribution in [0.2, 0.25) is 0 Å². The van der Waals surface area contributed by atoms with Crippen LogP contribution in [0.15, 0.2) is 0 Å². The summed E-state index contributed by atoms with van der Waals surface area (Å²) in [4.78, 5) is 24.1. The zero-order chi connectivity index (χ0) is 12.8. The number of carbonyl (C=O) groups excluding carboxylic acids is 1. The van der Waals surface area contributed by atoms with Gasteiger partial charge < -0.3 is 19.5 Å². The Hall–Kier alpha value is -1.14. The first-order valence-corrected chi connectivity index (χ1v) is 5.78. The van der Waals surface area contributed by atoms with E-state index in [9.17, 15) is 9.59 Å². The third-order valence-corrected chi connectivity index (χ3v) is 2.62. The van der Waals surface area contributed by atoms with Crippen molar-refractivity contribution in [1.82, 2.24) is 4.90 Å². The van der Waals surface area contributed by atoms with Crippen LogP contribution >= 0.6 is 0 Å². The number of morpholine rings is 1. The maximum Gasteiger partial charge on any atom is 0.306 e. The van der Waals surface area contributed by atoms with Crippen LogP contribution in [0.5, 0.6) is 0 Å². The van der Waals surface area contributed by atoms with Gasteiger partial charge in [-0.15, -0.1) is 0 Å². The van der Waals surface area contributed by atoms with Gasteiger partial charge in [0.15, 0.2) is 0 Å². The SMILES string of the molecule is CCOC(C)C(=O)N1CCOC(CC(=O)O)C1. The summed E-state index contributed by atoms with van der Waals surface area (Å²) in [6.45, 7) is 5.21. The molecule has 1 rings (SSSR count). The van der Waals surface area contributed by atoms with E-state index in [1.807, 2.05) is 6.92 Å². The lowest BCUT2D eigenvalue weighted by atomic mass is 10.2. The van der Waals surface area contributed by atoms with Gasteiger partial charge in [0.25, 0.3) is 5.91 Å². The van der Waals surface area contributed by atoms with E-state index in [1.54, 1.807) is 11.8 Å². The summed E-state index contributed by atoms with van der Waals surface area (Å²) >= 11 is 0. The Labute approximate surface area is 100 Å². The predicted octanol–water partition coefficient (Wildman–Crippen LogP) is 0.114. The molecule has 1 aliphatic rings. The molecular formula is C11H19NO5. The molecule has 98 valence electrons. The third kappa shape index (κ3) is 4.32. The van der Waals surface area contributed by atoms with Crippen molar-refractivity contribution in [2.75, 3.05) is 26.3 Å². The summed E-state index contributed by atoms with van der Waals surface area (Å²) in [5, 5.41) is 8.68. The number of hydrogen-bond acceptors (Lipinski definition) is 4. The standard InChI is InChI=1S/C11H19NO5/c1-3-16-8(2)11(15)12-4-5-17-9(7-12)6-10(13)14/h8-9H,3-7H2,1-2H3,(H,13,14). The first-order chi connectivity index (χ1) is 8.04. The van der Waals surface area contributed by atoms with Gasteiger partial charge in [-0.3, -0.25) is 9.59 Å². The fourth-order valence-corrected chi connectivity index (χ4v) is 1.82. The van der Waals surface area contributed by atoms with Gasteiger partial charge in [0.1, 0.15) is 6.10 Å².